The summed E-state index contributed by atoms with van der Waals surface area (Å²) in [4.78, 5) is 25.7. The lowest BCUT2D eigenvalue weighted by atomic mass is 10.0. The third-order valence-corrected chi connectivity index (χ3v) is 3.94. The van der Waals surface area contributed by atoms with E-state index in [1.54, 1.807) is 29.2 Å². The first kappa shape index (κ1) is 20.3. The number of hydrogen-bond acceptors (Lipinski definition) is 4. The highest BCUT2D eigenvalue weighted by molar-refractivity contribution is 5.84. The quantitative estimate of drug-likeness (QED) is 0.832. The molecule has 0 bridgehead atoms. The van der Waals surface area contributed by atoms with E-state index in [2.05, 4.69) is 10.1 Å². The molecule has 2 aromatic rings. The van der Waals surface area contributed by atoms with Crippen molar-refractivity contribution in [3.63, 3.8) is 0 Å². The Morgan fingerprint density at radius 3 is 2.19 bits per heavy atom. The van der Waals surface area contributed by atoms with Crippen LogP contribution in [0.4, 0.5) is 10.5 Å². The molecule has 27 heavy (non-hydrogen) atoms. The van der Waals surface area contributed by atoms with E-state index >= 15 is 0 Å². The van der Waals surface area contributed by atoms with Crippen LogP contribution in [0.25, 0.3) is 0 Å². The van der Waals surface area contributed by atoms with Crippen LogP contribution in [0.2, 0.25) is 0 Å². The van der Waals surface area contributed by atoms with Crippen molar-refractivity contribution in [1.82, 2.24) is 4.90 Å². The van der Waals surface area contributed by atoms with Crippen LogP contribution in [-0.2, 0) is 16.1 Å². The van der Waals surface area contributed by atoms with Gasteiger partial charge in [-0.25, -0.2) is 4.79 Å². The molecule has 0 saturated carbocycles. The van der Waals surface area contributed by atoms with E-state index < -0.39 is 6.09 Å². The fourth-order valence-electron chi connectivity index (χ4n) is 2.49. The molecule has 6 nitrogen and oxygen atoms in total. The van der Waals surface area contributed by atoms with Gasteiger partial charge in [-0.3, -0.25) is 10.1 Å². The monoisotopic (exact) mass is 370 g/mol. The minimum Gasteiger partial charge on any atom is -0.484 e. The number of anilines is 1. The Morgan fingerprint density at radius 2 is 1.63 bits per heavy atom. The maximum atomic E-state index is 12.7. The summed E-state index contributed by atoms with van der Waals surface area (Å²) in [5.74, 6) is 0.454. The largest absolute Gasteiger partial charge is 0.484 e. The first-order chi connectivity index (χ1) is 12.8. The normalized spacial score (nSPS) is 10.8. The van der Waals surface area contributed by atoms with Crippen LogP contribution in [-0.4, -0.2) is 36.2 Å². The molecule has 0 aliphatic rings. The van der Waals surface area contributed by atoms with Crippen LogP contribution < -0.4 is 10.1 Å². The van der Waals surface area contributed by atoms with Gasteiger partial charge in [0.1, 0.15) is 5.75 Å². The Bertz CT molecular complexity index is 752. The number of rotatable bonds is 6. The van der Waals surface area contributed by atoms with Crippen LogP contribution in [0, 0.1) is 0 Å². The van der Waals surface area contributed by atoms with Crippen molar-refractivity contribution < 1.29 is 19.1 Å². The van der Waals surface area contributed by atoms with Gasteiger partial charge in [-0.1, -0.05) is 30.3 Å². The Morgan fingerprint density at radius 1 is 1.00 bits per heavy atom. The molecule has 0 atom stereocenters. The fourth-order valence-corrected chi connectivity index (χ4v) is 2.49. The lowest BCUT2D eigenvalue weighted by Gasteiger charge is -2.35. The van der Waals surface area contributed by atoms with E-state index in [-0.39, 0.29) is 18.1 Å². The number of carbonyl (C=O) groups is 2. The van der Waals surface area contributed by atoms with Crippen LogP contribution in [0.3, 0.4) is 0 Å². The number of amides is 2. The second kappa shape index (κ2) is 9.07. The molecule has 1 N–H and O–H groups in total. The molecule has 0 aromatic heterocycles. The van der Waals surface area contributed by atoms with Gasteiger partial charge in [0.25, 0.3) is 5.91 Å². The van der Waals surface area contributed by atoms with E-state index in [1.807, 2.05) is 51.1 Å². The molecule has 0 saturated heterocycles. The molecule has 0 radical (unpaired) electrons. The zero-order valence-electron chi connectivity index (χ0n) is 16.2. The molecule has 0 unspecified atom stereocenters. The molecule has 0 spiro atoms. The standard InChI is InChI=1S/C21H26N2O4/c1-21(2,3)23(14-16-8-6-5-7-9-16)19(24)15-27-18-12-10-17(11-13-18)22-20(25)26-4/h5-13H,14-15H2,1-4H3,(H,22,25). The Labute approximate surface area is 160 Å². The summed E-state index contributed by atoms with van der Waals surface area (Å²) in [7, 11) is 1.30. The third kappa shape index (κ3) is 6.33. The smallest absolute Gasteiger partial charge is 0.411 e. The molecule has 0 fully saturated rings. The number of ether oxygens (including phenoxy) is 2. The Hall–Kier alpha value is -3.02. The zero-order valence-corrected chi connectivity index (χ0v) is 16.2. The second-order valence-corrected chi connectivity index (χ2v) is 7.07. The van der Waals surface area contributed by atoms with Crippen molar-refractivity contribution in [2.24, 2.45) is 0 Å². The summed E-state index contributed by atoms with van der Waals surface area (Å²) in [6.07, 6.45) is -0.541. The highest BCUT2D eigenvalue weighted by Gasteiger charge is 2.26. The fraction of sp³-hybridized carbons (Fsp3) is 0.333. The summed E-state index contributed by atoms with van der Waals surface area (Å²) < 4.78 is 10.2. The number of nitrogens with one attached hydrogen (secondary N) is 1. The van der Waals surface area contributed by atoms with E-state index in [0.29, 0.717) is 18.0 Å². The summed E-state index contributed by atoms with van der Waals surface area (Å²) in [6, 6.07) is 16.6. The highest BCUT2D eigenvalue weighted by atomic mass is 16.5. The SMILES string of the molecule is COC(=O)Nc1ccc(OCC(=O)N(Cc2ccccc2)C(C)(C)C)cc1. The van der Waals surface area contributed by atoms with Gasteiger partial charge in [0, 0.05) is 17.8 Å². The number of nitrogens with zero attached hydrogens (tertiary/aromatic N) is 1. The van der Waals surface area contributed by atoms with Gasteiger partial charge in [-0.2, -0.15) is 0 Å². The van der Waals surface area contributed by atoms with Crippen molar-refractivity contribution in [1.29, 1.82) is 0 Å². The van der Waals surface area contributed by atoms with Gasteiger partial charge < -0.3 is 14.4 Å². The number of carbonyl (C=O) groups excluding carboxylic acids is 2. The maximum absolute atomic E-state index is 12.7. The van der Waals surface area contributed by atoms with E-state index in [1.165, 1.54) is 7.11 Å². The summed E-state index contributed by atoms with van der Waals surface area (Å²) in [5.41, 5.74) is 1.32. The van der Waals surface area contributed by atoms with Gasteiger partial charge in [-0.05, 0) is 50.6 Å². The Balaban J connectivity index is 1.98. The highest BCUT2D eigenvalue weighted by Crippen LogP contribution is 2.19. The molecule has 0 aliphatic heterocycles. The van der Waals surface area contributed by atoms with Gasteiger partial charge in [0.05, 0.1) is 7.11 Å². The molecule has 2 amide bonds. The number of hydrogen-bond donors (Lipinski definition) is 1. The number of methoxy groups -OCH3 is 1. The van der Waals surface area contributed by atoms with Crippen LogP contribution in [0.5, 0.6) is 5.75 Å². The lowest BCUT2D eigenvalue weighted by molar-refractivity contribution is -0.139. The maximum Gasteiger partial charge on any atom is 0.411 e. The van der Waals surface area contributed by atoms with Crippen LogP contribution in [0.1, 0.15) is 26.3 Å². The van der Waals surface area contributed by atoms with Crippen LogP contribution in [0.15, 0.2) is 54.6 Å². The lowest BCUT2D eigenvalue weighted by Crippen LogP contribution is -2.47. The predicted octanol–water partition coefficient (Wildman–Crippen LogP) is 4.07. The van der Waals surface area contributed by atoms with Crippen LogP contribution >= 0.6 is 0 Å². The number of benzene rings is 2. The average Bonchev–Trinajstić information content (AvgIpc) is 2.65. The van der Waals surface area contributed by atoms with Crippen molar-refractivity contribution in [3.8, 4) is 5.75 Å². The van der Waals surface area contributed by atoms with E-state index in [0.717, 1.165) is 5.56 Å². The Kier molecular flexibility index (Phi) is 6.82. The molecule has 0 aliphatic carbocycles. The van der Waals surface area contributed by atoms with Gasteiger partial charge in [0.15, 0.2) is 6.61 Å². The molecule has 6 heteroatoms. The first-order valence-corrected chi connectivity index (χ1v) is 8.72. The van der Waals surface area contributed by atoms with Crippen molar-refractivity contribution >= 4 is 17.7 Å². The van der Waals surface area contributed by atoms with Crippen molar-refractivity contribution in [2.45, 2.75) is 32.9 Å². The van der Waals surface area contributed by atoms with E-state index in [9.17, 15) is 9.59 Å². The van der Waals surface area contributed by atoms with Gasteiger partial charge in [-0.15, -0.1) is 0 Å². The third-order valence-electron chi connectivity index (χ3n) is 3.94. The van der Waals surface area contributed by atoms with Crippen molar-refractivity contribution in [2.75, 3.05) is 19.0 Å². The summed E-state index contributed by atoms with van der Waals surface area (Å²) in [5, 5.41) is 2.56. The second-order valence-electron chi connectivity index (χ2n) is 7.07. The first-order valence-electron chi connectivity index (χ1n) is 8.72. The zero-order chi connectivity index (χ0) is 19.9. The molecule has 2 aromatic carbocycles. The molecular weight excluding hydrogens is 344 g/mol. The van der Waals surface area contributed by atoms with Crippen molar-refractivity contribution in [3.05, 3.63) is 60.2 Å². The molecular formula is C21H26N2O4. The van der Waals surface area contributed by atoms with Gasteiger partial charge in [0.2, 0.25) is 0 Å². The topological polar surface area (TPSA) is 67.9 Å². The summed E-state index contributed by atoms with van der Waals surface area (Å²) >= 11 is 0. The minimum absolute atomic E-state index is 0.0616. The minimum atomic E-state index is -0.541. The van der Waals surface area contributed by atoms with Gasteiger partial charge >= 0.3 is 6.09 Å². The molecule has 0 heterocycles. The predicted molar refractivity (Wildman–Crippen MR) is 105 cm³/mol. The molecule has 2 rings (SSSR count). The average molecular weight is 370 g/mol. The van der Waals surface area contributed by atoms with E-state index in [4.69, 9.17) is 4.74 Å². The molecule has 144 valence electrons. The summed E-state index contributed by atoms with van der Waals surface area (Å²) in [6.45, 7) is 6.46.